The molecule has 0 saturated carbocycles. The van der Waals surface area contributed by atoms with E-state index in [1.165, 1.54) is 6.26 Å². The van der Waals surface area contributed by atoms with E-state index in [0.29, 0.717) is 11.8 Å². The lowest BCUT2D eigenvalue weighted by Gasteiger charge is -2.11. The third kappa shape index (κ3) is 5.78. The van der Waals surface area contributed by atoms with Gasteiger partial charge in [0, 0.05) is 5.56 Å². The number of halogens is 5. The number of carboxylic acids is 1. The Morgan fingerprint density at radius 3 is 2.55 bits per heavy atom. The highest BCUT2D eigenvalue weighted by Gasteiger charge is 2.31. The summed E-state index contributed by atoms with van der Waals surface area (Å²) in [5, 5.41) is 11.3. The molecule has 0 amide bonds. The first kappa shape index (κ1) is 22.4. The highest BCUT2D eigenvalue weighted by Crippen LogP contribution is 2.34. The van der Waals surface area contributed by atoms with Crippen LogP contribution in [0.5, 0.6) is 0 Å². The van der Waals surface area contributed by atoms with E-state index in [-0.39, 0.29) is 28.6 Å². The Hall–Kier alpha value is -2.91. The van der Waals surface area contributed by atoms with Gasteiger partial charge < -0.3 is 20.6 Å². The van der Waals surface area contributed by atoms with Crippen LogP contribution in [0, 0.1) is 0 Å². The number of benzene rings is 1. The molecular weight excluding hydrogens is 434 g/mol. The zero-order valence-electron chi connectivity index (χ0n) is 14.6. The predicted molar refractivity (Wildman–Crippen MR) is 103 cm³/mol. The molecule has 0 aliphatic heterocycles. The zero-order chi connectivity index (χ0) is 21.8. The molecule has 6 nitrogen and oxygen atoms in total. The molecule has 0 saturated heterocycles. The van der Waals surface area contributed by atoms with Gasteiger partial charge in [-0.25, -0.2) is 9.79 Å². The molecule has 0 fully saturated rings. The van der Waals surface area contributed by atoms with Crippen LogP contribution in [0.4, 0.5) is 13.2 Å². The van der Waals surface area contributed by atoms with Gasteiger partial charge in [-0.15, -0.1) is 0 Å². The average Bonchev–Trinajstić information content (AvgIpc) is 3.15. The van der Waals surface area contributed by atoms with Crippen molar-refractivity contribution in [2.45, 2.75) is 12.7 Å². The van der Waals surface area contributed by atoms with Crippen LogP contribution in [0.25, 0.3) is 5.70 Å². The van der Waals surface area contributed by atoms with Crippen molar-refractivity contribution in [1.29, 1.82) is 0 Å². The fourth-order valence-electron chi connectivity index (χ4n) is 2.11. The molecular formula is C18H14Cl2F3N3O3. The normalized spacial score (nSPS) is 13.1. The lowest BCUT2D eigenvalue weighted by atomic mass is 10.1. The van der Waals surface area contributed by atoms with Crippen molar-refractivity contribution < 1.29 is 27.5 Å². The second kappa shape index (κ2) is 9.06. The van der Waals surface area contributed by atoms with E-state index >= 15 is 0 Å². The smallest absolute Gasteiger partial charge is 0.416 e. The summed E-state index contributed by atoms with van der Waals surface area (Å²) in [6.07, 6.45) is -3.14. The van der Waals surface area contributed by atoms with Crippen LogP contribution in [0.3, 0.4) is 0 Å². The molecule has 0 unspecified atom stereocenters. The minimum absolute atomic E-state index is 0.00463. The number of carbonyl (C=O) groups is 1. The fraction of sp³-hybridized carbons (Fsp3) is 0.111. The summed E-state index contributed by atoms with van der Waals surface area (Å²) in [6.45, 7) is 3.69. The van der Waals surface area contributed by atoms with Crippen LogP contribution >= 0.6 is 23.2 Å². The molecule has 29 heavy (non-hydrogen) atoms. The third-order valence-electron chi connectivity index (χ3n) is 3.53. The fourth-order valence-corrected chi connectivity index (χ4v) is 2.59. The number of alkyl halides is 3. The topological polar surface area (TPSA) is 101 Å². The molecule has 1 aromatic heterocycles. The maximum Gasteiger partial charge on any atom is 0.416 e. The van der Waals surface area contributed by atoms with Gasteiger partial charge in [-0.05, 0) is 24.3 Å². The number of hydrogen-bond donors (Lipinski definition) is 3. The van der Waals surface area contributed by atoms with E-state index in [2.05, 4.69) is 16.9 Å². The molecule has 0 spiro atoms. The first-order chi connectivity index (χ1) is 13.5. The second-order valence-electron chi connectivity index (χ2n) is 5.57. The Labute approximate surface area is 173 Å². The van der Waals surface area contributed by atoms with Crippen molar-refractivity contribution in [2.75, 3.05) is 0 Å². The maximum atomic E-state index is 12.7. The number of hydrogen-bond acceptors (Lipinski definition) is 5. The Morgan fingerprint density at radius 2 is 2.03 bits per heavy atom. The van der Waals surface area contributed by atoms with Crippen molar-refractivity contribution >= 4 is 40.6 Å². The van der Waals surface area contributed by atoms with Gasteiger partial charge in [0.2, 0.25) is 0 Å². The van der Waals surface area contributed by atoms with Crippen LogP contribution < -0.4 is 11.1 Å². The molecule has 0 atom stereocenters. The molecule has 1 heterocycles. The summed E-state index contributed by atoms with van der Waals surface area (Å²) in [4.78, 5) is 15.3. The molecule has 0 bridgehead atoms. The van der Waals surface area contributed by atoms with E-state index in [1.54, 1.807) is 12.1 Å². The number of furan rings is 1. The minimum atomic E-state index is -4.58. The summed E-state index contributed by atoms with van der Waals surface area (Å²) >= 11 is 11.9. The van der Waals surface area contributed by atoms with Gasteiger partial charge in [0.25, 0.3) is 0 Å². The standard InChI is InChI=1S/C18H14Cl2F3N3O3/c1-9(12-5-4-10(7-13(12)19)18(21,22)23)26-15(17(27)28)14(20)16(24)25-8-11-3-2-6-29-11/h2-7,25H,1,8,24H2,(H,27,28)/b16-14-,26-15+. The summed E-state index contributed by atoms with van der Waals surface area (Å²) in [5.41, 5.74) is 3.91. The maximum absolute atomic E-state index is 12.7. The first-order valence-electron chi connectivity index (χ1n) is 7.80. The summed E-state index contributed by atoms with van der Waals surface area (Å²) in [5.74, 6) is -1.20. The number of rotatable bonds is 7. The number of nitrogens with zero attached hydrogens (tertiary/aromatic N) is 1. The average molecular weight is 448 g/mol. The van der Waals surface area contributed by atoms with Crippen LogP contribution in [-0.2, 0) is 17.5 Å². The van der Waals surface area contributed by atoms with Crippen LogP contribution in [0.1, 0.15) is 16.9 Å². The van der Waals surface area contributed by atoms with Gasteiger partial charge in [-0.1, -0.05) is 35.8 Å². The van der Waals surface area contributed by atoms with Crippen molar-refractivity contribution in [3.8, 4) is 0 Å². The zero-order valence-corrected chi connectivity index (χ0v) is 16.1. The Kier molecular flexibility index (Phi) is 6.99. The van der Waals surface area contributed by atoms with Crippen molar-refractivity contribution in [3.63, 3.8) is 0 Å². The van der Waals surface area contributed by atoms with Crippen molar-refractivity contribution in [3.05, 3.63) is 75.9 Å². The number of aliphatic imine (C=N–C) groups is 1. The SMILES string of the molecule is C=C(/N=C(C(=O)O)\C(Cl)=C(/N)NCc1ccco1)c1ccc(C(F)(F)F)cc1Cl. The van der Waals surface area contributed by atoms with Crippen molar-refractivity contribution in [2.24, 2.45) is 10.7 Å². The van der Waals surface area contributed by atoms with Crippen LogP contribution in [-0.4, -0.2) is 16.8 Å². The van der Waals surface area contributed by atoms with Crippen LogP contribution in [0.15, 0.2) is 63.4 Å². The first-order valence-corrected chi connectivity index (χ1v) is 8.56. The molecule has 4 N–H and O–H groups in total. The quantitative estimate of drug-likeness (QED) is 0.538. The number of carboxylic acid groups (broad SMARTS) is 1. The lowest BCUT2D eigenvalue weighted by Crippen LogP contribution is -2.25. The molecule has 154 valence electrons. The minimum Gasteiger partial charge on any atom is -0.476 e. The molecule has 2 rings (SSSR count). The summed E-state index contributed by atoms with van der Waals surface area (Å²) in [6, 6.07) is 5.82. The van der Waals surface area contributed by atoms with Crippen molar-refractivity contribution in [1.82, 2.24) is 5.32 Å². The Bertz CT molecular complexity index is 984. The van der Waals surface area contributed by atoms with E-state index in [4.69, 9.17) is 33.4 Å². The highest BCUT2D eigenvalue weighted by molar-refractivity contribution is 6.58. The summed E-state index contributed by atoms with van der Waals surface area (Å²) in [7, 11) is 0. The Balaban J connectivity index is 2.30. The van der Waals surface area contributed by atoms with Gasteiger partial charge in [0.15, 0.2) is 5.71 Å². The van der Waals surface area contributed by atoms with Gasteiger partial charge in [-0.3, -0.25) is 0 Å². The van der Waals surface area contributed by atoms with E-state index in [1.807, 2.05) is 0 Å². The third-order valence-corrected chi connectivity index (χ3v) is 4.23. The van der Waals surface area contributed by atoms with E-state index in [0.717, 1.165) is 12.1 Å². The summed E-state index contributed by atoms with van der Waals surface area (Å²) < 4.78 is 43.3. The molecule has 1 aromatic carbocycles. The van der Waals surface area contributed by atoms with E-state index in [9.17, 15) is 23.1 Å². The highest BCUT2D eigenvalue weighted by atomic mass is 35.5. The van der Waals surface area contributed by atoms with Gasteiger partial charge >= 0.3 is 12.1 Å². The molecule has 2 aromatic rings. The monoisotopic (exact) mass is 447 g/mol. The Morgan fingerprint density at radius 1 is 1.34 bits per heavy atom. The predicted octanol–water partition coefficient (Wildman–Crippen LogP) is 4.60. The van der Waals surface area contributed by atoms with E-state index < -0.39 is 28.5 Å². The van der Waals surface area contributed by atoms with Gasteiger partial charge in [0.05, 0.1) is 29.1 Å². The largest absolute Gasteiger partial charge is 0.476 e. The molecule has 0 aliphatic rings. The number of nitrogens with two attached hydrogens (primary N) is 1. The van der Waals surface area contributed by atoms with Gasteiger partial charge in [0.1, 0.15) is 16.6 Å². The number of aliphatic carboxylic acids is 1. The molecule has 11 heteroatoms. The van der Waals surface area contributed by atoms with Crippen LogP contribution in [0.2, 0.25) is 5.02 Å². The number of nitrogens with one attached hydrogen (secondary N) is 1. The van der Waals surface area contributed by atoms with Gasteiger partial charge in [-0.2, -0.15) is 13.2 Å². The molecule has 0 aliphatic carbocycles. The lowest BCUT2D eigenvalue weighted by molar-refractivity contribution is -0.137. The molecule has 0 radical (unpaired) electrons. The second-order valence-corrected chi connectivity index (χ2v) is 6.35.